The molecule has 1 heterocycles. The molecule has 86 valence electrons. The van der Waals surface area contributed by atoms with Gasteiger partial charge in [0.2, 0.25) is 0 Å². The van der Waals surface area contributed by atoms with E-state index in [1.54, 1.807) is 0 Å². The third-order valence-corrected chi connectivity index (χ3v) is 1.66. The highest BCUT2D eigenvalue weighted by Gasteiger charge is 2.22. The van der Waals surface area contributed by atoms with Crippen molar-refractivity contribution < 1.29 is 30.3 Å². The molecular weight excluding hydrogens is 192 g/mol. The number of epoxide rings is 1. The van der Waals surface area contributed by atoms with E-state index in [0.717, 1.165) is 6.61 Å². The SMILES string of the molecule is CC1CO1.OC[C@@H](O)C(O)[C@@H](O)CO. The van der Waals surface area contributed by atoms with Crippen LogP contribution in [-0.4, -0.2) is 69.8 Å². The van der Waals surface area contributed by atoms with Crippen LogP contribution in [0.2, 0.25) is 0 Å². The first-order valence-corrected chi connectivity index (χ1v) is 4.40. The smallest absolute Gasteiger partial charge is 0.110 e. The highest BCUT2D eigenvalue weighted by molar-refractivity contribution is 4.73. The number of aliphatic hydroxyl groups excluding tert-OH is 5. The molecule has 0 bridgehead atoms. The van der Waals surface area contributed by atoms with E-state index in [2.05, 4.69) is 6.92 Å². The minimum atomic E-state index is -1.49. The highest BCUT2D eigenvalue weighted by Crippen LogP contribution is 2.04. The zero-order chi connectivity index (χ0) is 11.1. The van der Waals surface area contributed by atoms with Gasteiger partial charge in [0.05, 0.1) is 25.9 Å². The topological polar surface area (TPSA) is 114 Å². The Bertz CT molecular complexity index is 128. The fourth-order valence-electron chi connectivity index (χ4n) is 0.569. The Kier molecular flexibility index (Phi) is 6.98. The molecule has 4 atom stereocenters. The summed E-state index contributed by atoms with van der Waals surface area (Å²) in [5, 5.41) is 42.6. The van der Waals surface area contributed by atoms with Crippen molar-refractivity contribution in [2.75, 3.05) is 19.8 Å². The van der Waals surface area contributed by atoms with Gasteiger partial charge in [0.15, 0.2) is 0 Å². The maximum absolute atomic E-state index is 8.77. The Balaban J connectivity index is 0.000000344. The van der Waals surface area contributed by atoms with E-state index in [-0.39, 0.29) is 0 Å². The fraction of sp³-hybridized carbons (Fsp3) is 1.00. The van der Waals surface area contributed by atoms with Crippen molar-refractivity contribution >= 4 is 0 Å². The Morgan fingerprint density at radius 3 is 1.57 bits per heavy atom. The Morgan fingerprint density at radius 1 is 1.14 bits per heavy atom. The van der Waals surface area contributed by atoms with Gasteiger partial charge < -0.3 is 30.3 Å². The normalized spacial score (nSPS) is 25.7. The molecule has 0 radical (unpaired) electrons. The van der Waals surface area contributed by atoms with Crippen molar-refractivity contribution in [3.8, 4) is 0 Å². The molecule has 0 saturated carbocycles. The van der Waals surface area contributed by atoms with Crippen LogP contribution in [0.5, 0.6) is 0 Å². The number of rotatable bonds is 4. The van der Waals surface area contributed by atoms with E-state index in [0.29, 0.717) is 6.10 Å². The van der Waals surface area contributed by atoms with Gasteiger partial charge in [-0.2, -0.15) is 0 Å². The van der Waals surface area contributed by atoms with Gasteiger partial charge in [-0.3, -0.25) is 0 Å². The van der Waals surface area contributed by atoms with Gasteiger partial charge in [-0.15, -0.1) is 0 Å². The number of ether oxygens (including phenoxy) is 1. The van der Waals surface area contributed by atoms with Gasteiger partial charge in [0.25, 0.3) is 0 Å². The van der Waals surface area contributed by atoms with Crippen LogP contribution in [0.25, 0.3) is 0 Å². The molecule has 0 aliphatic carbocycles. The molecule has 1 fully saturated rings. The second kappa shape index (κ2) is 7.10. The first kappa shape index (κ1) is 13.8. The van der Waals surface area contributed by atoms with Crippen LogP contribution in [0.4, 0.5) is 0 Å². The second-order valence-electron chi connectivity index (χ2n) is 3.13. The molecule has 1 aliphatic heterocycles. The first-order valence-electron chi connectivity index (χ1n) is 4.40. The van der Waals surface area contributed by atoms with E-state index in [9.17, 15) is 0 Å². The molecular formula is C8H18O6. The predicted molar refractivity (Wildman–Crippen MR) is 47.6 cm³/mol. The lowest BCUT2D eigenvalue weighted by Gasteiger charge is -2.19. The molecule has 6 nitrogen and oxygen atoms in total. The summed E-state index contributed by atoms with van der Waals surface area (Å²) in [6.45, 7) is 1.76. The standard InChI is InChI=1S/C5H12O5.C3H6O/c6-1-3(8)5(10)4(9)2-7;1-3-2-4-3/h3-10H,1-2H2;3H,2H2,1H3/t3-,4+,5?;. The van der Waals surface area contributed by atoms with Crippen LogP contribution in [0.3, 0.4) is 0 Å². The van der Waals surface area contributed by atoms with Gasteiger partial charge in [-0.05, 0) is 6.92 Å². The van der Waals surface area contributed by atoms with Crippen LogP contribution >= 0.6 is 0 Å². The molecule has 1 aliphatic rings. The average Bonchev–Trinajstić information content (AvgIpc) is 2.97. The molecule has 1 saturated heterocycles. The first-order chi connectivity index (χ1) is 6.52. The van der Waals surface area contributed by atoms with Gasteiger partial charge in [0, 0.05) is 0 Å². The zero-order valence-electron chi connectivity index (χ0n) is 8.08. The summed E-state index contributed by atoms with van der Waals surface area (Å²) in [5.41, 5.74) is 0. The summed E-state index contributed by atoms with van der Waals surface area (Å²) in [7, 11) is 0. The molecule has 0 spiro atoms. The number of hydrogen-bond acceptors (Lipinski definition) is 6. The van der Waals surface area contributed by atoms with Crippen LogP contribution < -0.4 is 0 Å². The van der Waals surface area contributed by atoms with Crippen molar-refractivity contribution in [1.29, 1.82) is 0 Å². The zero-order valence-corrected chi connectivity index (χ0v) is 8.08. The lowest BCUT2D eigenvalue weighted by Crippen LogP contribution is -2.41. The molecule has 0 amide bonds. The largest absolute Gasteiger partial charge is 0.394 e. The van der Waals surface area contributed by atoms with Crippen molar-refractivity contribution in [3.63, 3.8) is 0 Å². The van der Waals surface area contributed by atoms with E-state index in [1.807, 2.05) is 0 Å². The number of hydrogen-bond donors (Lipinski definition) is 5. The van der Waals surface area contributed by atoms with Crippen molar-refractivity contribution in [2.24, 2.45) is 0 Å². The quantitative estimate of drug-likeness (QED) is 0.327. The summed E-state index contributed by atoms with van der Waals surface area (Å²) in [4.78, 5) is 0. The molecule has 6 heteroatoms. The molecule has 1 rings (SSSR count). The van der Waals surface area contributed by atoms with Crippen LogP contribution in [0.15, 0.2) is 0 Å². The van der Waals surface area contributed by atoms with Gasteiger partial charge >= 0.3 is 0 Å². The van der Waals surface area contributed by atoms with Gasteiger partial charge in [0.1, 0.15) is 18.3 Å². The molecule has 14 heavy (non-hydrogen) atoms. The summed E-state index contributed by atoms with van der Waals surface area (Å²) in [6, 6.07) is 0. The van der Waals surface area contributed by atoms with Crippen LogP contribution in [-0.2, 0) is 4.74 Å². The molecule has 0 aromatic carbocycles. The monoisotopic (exact) mass is 210 g/mol. The minimum absolute atomic E-state index is 0.583. The van der Waals surface area contributed by atoms with E-state index in [4.69, 9.17) is 30.3 Å². The third kappa shape index (κ3) is 6.25. The van der Waals surface area contributed by atoms with E-state index >= 15 is 0 Å². The lowest BCUT2D eigenvalue weighted by molar-refractivity contribution is -0.0900. The molecule has 2 unspecified atom stereocenters. The third-order valence-electron chi connectivity index (χ3n) is 1.66. The summed E-state index contributed by atoms with van der Waals surface area (Å²) in [5.74, 6) is 0. The maximum Gasteiger partial charge on any atom is 0.110 e. The van der Waals surface area contributed by atoms with Crippen molar-refractivity contribution in [3.05, 3.63) is 0 Å². The number of aliphatic hydroxyl groups is 5. The minimum Gasteiger partial charge on any atom is -0.394 e. The Morgan fingerprint density at radius 2 is 1.43 bits per heavy atom. The van der Waals surface area contributed by atoms with Crippen LogP contribution in [0, 0.1) is 0 Å². The highest BCUT2D eigenvalue weighted by atomic mass is 16.6. The van der Waals surface area contributed by atoms with Gasteiger partial charge in [-0.25, -0.2) is 0 Å². The predicted octanol–water partition coefficient (Wildman–Crippen LogP) is -2.54. The van der Waals surface area contributed by atoms with Crippen LogP contribution in [0.1, 0.15) is 6.92 Å². The molecule has 0 aromatic heterocycles. The van der Waals surface area contributed by atoms with E-state index < -0.39 is 31.5 Å². The molecule has 0 aromatic rings. The Hall–Kier alpha value is -0.240. The Labute approximate surface area is 82.4 Å². The average molecular weight is 210 g/mol. The van der Waals surface area contributed by atoms with Gasteiger partial charge in [-0.1, -0.05) is 0 Å². The molecule has 5 N–H and O–H groups in total. The maximum atomic E-state index is 8.77. The second-order valence-corrected chi connectivity index (χ2v) is 3.13. The van der Waals surface area contributed by atoms with E-state index in [1.165, 1.54) is 0 Å². The van der Waals surface area contributed by atoms with Crippen molar-refractivity contribution in [1.82, 2.24) is 0 Å². The summed E-state index contributed by atoms with van der Waals surface area (Å²) < 4.78 is 4.71. The van der Waals surface area contributed by atoms with Crippen molar-refractivity contribution in [2.45, 2.75) is 31.3 Å². The fourth-order valence-corrected chi connectivity index (χ4v) is 0.569. The lowest BCUT2D eigenvalue weighted by atomic mass is 10.1. The summed E-state index contributed by atoms with van der Waals surface area (Å²) >= 11 is 0. The summed E-state index contributed by atoms with van der Waals surface area (Å²) in [6.07, 6.45) is -3.71.